The van der Waals surface area contributed by atoms with Crippen LogP contribution in [0.3, 0.4) is 0 Å². The Morgan fingerprint density at radius 1 is 1.25 bits per heavy atom. The summed E-state index contributed by atoms with van der Waals surface area (Å²) >= 11 is 15.6. The Morgan fingerprint density at radius 3 is 2.90 bits per heavy atom. The number of thiophene rings is 1. The Morgan fingerprint density at radius 2 is 2.10 bits per heavy atom. The van der Waals surface area contributed by atoms with Crippen LogP contribution in [0, 0.1) is 0 Å². The molecule has 0 radical (unpaired) electrons. The highest BCUT2D eigenvalue weighted by molar-refractivity contribution is 7.98. The molecule has 1 aromatic heterocycles. The van der Waals surface area contributed by atoms with E-state index in [-0.39, 0.29) is 5.78 Å². The Hall–Kier alpha value is -0.480. The zero-order chi connectivity index (χ0) is 14.1. The lowest BCUT2D eigenvalue weighted by Crippen LogP contribution is -2.01. The highest BCUT2D eigenvalue weighted by Crippen LogP contribution is 2.32. The number of halogens is 2. The predicted octanol–water partition coefficient (Wildman–Crippen LogP) is 5.27. The fourth-order valence-corrected chi connectivity index (χ4v) is 4.91. The molecule has 0 unspecified atom stereocenters. The van der Waals surface area contributed by atoms with Crippen LogP contribution in [0.1, 0.15) is 25.7 Å². The van der Waals surface area contributed by atoms with Gasteiger partial charge in [0.1, 0.15) is 0 Å². The van der Waals surface area contributed by atoms with E-state index in [4.69, 9.17) is 23.2 Å². The summed E-state index contributed by atoms with van der Waals surface area (Å²) in [6.45, 7) is 0. The molecule has 0 saturated heterocycles. The summed E-state index contributed by atoms with van der Waals surface area (Å²) in [6.07, 6.45) is 1.39. The normalized spacial score (nSPS) is 14.1. The molecule has 2 heterocycles. The van der Waals surface area contributed by atoms with Crippen molar-refractivity contribution < 1.29 is 4.79 Å². The van der Waals surface area contributed by atoms with E-state index in [0.29, 0.717) is 16.5 Å². The number of hydrogen-bond acceptors (Lipinski definition) is 3. The minimum atomic E-state index is 0.124. The first-order valence-corrected chi connectivity index (χ1v) is 9.02. The summed E-state index contributed by atoms with van der Waals surface area (Å²) in [7, 11) is 0. The number of carbonyl (C=O) groups excluding carboxylic acids is 1. The second kappa shape index (κ2) is 6.10. The lowest BCUT2D eigenvalue weighted by Gasteiger charge is -2.08. The summed E-state index contributed by atoms with van der Waals surface area (Å²) in [5, 5.41) is 1.21. The molecule has 0 bridgehead atoms. The lowest BCUT2D eigenvalue weighted by atomic mass is 10.1. The summed E-state index contributed by atoms with van der Waals surface area (Å²) in [6, 6.07) is 7.29. The number of hydrogen-bond donors (Lipinski definition) is 0. The molecule has 104 valence electrons. The molecular weight excluding hydrogens is 331 g/mol. The Balaban J connectivity index is 1.82. The van der Waals surface area contributed by atoms with Crippen molar-refractivity contribution >= 4 is 52.1 Å². The second-order valence-corrected chi connectivity index (χ2v) is 7.78. The molecule has 1 aromatic carbocycles. The quantitative estimate of drug-likeness (QED) is 0.706. The highest BCUT2D eigenvalue weighted by Gasteiger charge is 2.18. The monoisotopic (exact) mass is 342 g/mol. The molecule has 2 aromatic rings. The Kier molecular flexibility index (Phi) is 4.41. The molecule has 20 heavy (non-hydrogen) atoms. The van der Waals surface area contributed by atoms with E-state index in [0.717, 1.165) is 28.4 Å². The SMILES string of the molecule is O=C(Cc1cc(Cl)ccc1Cl)c1cc2c(s1)CCSC2. The number of rotatable bonds is 3. The van der Waals surface area contributed by atoms with Crippen molar-refractivity contribution in [1.29, 1.82) is 0 Å². The highest BCUT2D eigenvalue weighted by atomic mass is 35.5. The number of fused-ring (bicyclic) bond motifs is 1. The van der Waals surface area contributed by atoms with E-state index in [1.165, 1.54) is 10.4 Å². The van der Waals surface area contributed by atoms with Gasteiger partial charge in [-0.25, -0.2) is 0 Å². The van der Waals surface area contributed by atoms with E-state index in [2.05, 4.69) is 0 Å². The van der Waals surface area contributed by atoms with Gasteiger partial charge in [-0.05, 0) is 47.6 Å². The van der Waals surface area contributed by atoms with Crippen molar-refractivity contribution in [3.63, 3.8) is 0 Å². The first-order chi connectivity index (χ1) is 9.63. The molecule has 1 aliphatic heterocycles. The van der Waals surface area contributed by atoms with Gasteiger partial charge in [-0.3, -0.25) is 4.79 Å². The zero-order valence-electron chi connectivity index (χ0n) is 10.6. The molecule has 0 saturated carbocycles. The molecule has 0 fully saturated rings. The third kappa shape index (κ3) is 3.06. The van der Waals surface area contributed by atoms with E-state index >= 15 is 0 Å². The molecule has 5 heteroatoms. The van der Waals surface area contributed by atoms with Crippen LogP contribution in [0.25, 0.3) is 0 Å². The summed E-state index contributed by atoms with van der Waals surface area (Å²) < 4.78 is 0. The molecule has 3 rings (SSSR count). The maximum absolute atomic E-state index is 12.4. The second-order valence-electron chi connectivity index (χ2n) is 4.70. The number of aryl methyl sites for hydroxylation is 1. The van der Waals surface area contributed by atoms with Crippen molar-refractivity contribution in [2.24, 2.45) is 0 Å². The number of thioether (sulfide) groups is 1. The van der Waals surface area contributed by atoms with Crippen molar-refractivity contribution in [3.05, 3.63) is 55.2 Å². The van der Waals surface area contributed by atoms with Gasteiger partial charge in [-0.1, -0.05) is 23.2 Å². The first kappa shape index (κ1) is 14.5. The fourth-order valence-electron chi connectivity index (χ4n) is 2.22. The van der Waals surface area contributed by atoms with Gasteiger partial charge in [0.2, 0.25) is 0 Å². The van der Waals surface area contributed by atoms with Gasteiger partial charge in [0.05, 0.1) is 4.88 Å². The van der Waals surface area contributed by atoms with Crippen LogP contribution in [0.2, 0.25) is 10.0 Å². The number of benzene rings is 1. The van der Waals surface area contributed by atoms with Crippen LogP contribution in [0.5, 0.6) is 0 Å². The topological polar surface area (TPSA) is 17.1 Å². The molecule has 0 amide bonds. The van der Waals surface area contributed by atoms with Crippen LogP contribution in [-0.2, 0) is 18.6 Å². The third-order valence-electron chi connectivity index (χ3n) is 3.26. The molecular formula is C15H12Cl2OS2. The number of Topliss-reactive ketones (excluding diaryl/α,β-unsaturated/α-hetero) is 1. The molecule has 0 spiro atoms. The Labute approximate surface area is 136 Å². The van der Waals surface area contributed by atoms with E-state index in [1.807, 2.05) is 17.8 Å². The van der Waals surface area contributed by atoms with Crippen LogP contribution in [0.15, 0.2) is 24.3 Å². The van der Waals surface area contributed by atoms with Crippen molar-refractivity contribution in [2.75, 3.05) is 5.75 Å². The van der Waals surface area contributed by atoms with Crippen LogP contribution < -0.4 is 0 Å². The first-order valence-electron chi connectivity index (χ1n) is 6.30. The average Bonchev–Trinajstić information content (AvgIpc) is 2.87. The third-order valence-corrected chi connectivity index (χ3v) is 6.15. The lowest BCUT2D eigenvalue weighted by molar-refractivity contribution is 0.0997. The standard InChI is InChI=1S/C15H12Cl2OS2/c16-11-1-2-12(17)9(5-11)6-13(18)15-7-10-8-19-4-3-14(10)20-15/h1-2,5,7H,3-4,6,8H2. The van der Waals surface area contributed by atoms with Crippen molar-refractivity contribution in [1.82, 2.24) is 0 Å². The van der Waals surface area contributed by atoms with Crippen LogP contribution in [0.4, 0.5) is 0 Å². The zero-order valence-corrected chi connectivity index (χ0v) is 13.8. The van der Waals surface area contributed by atoms with Crippen LogP contribution >= 0.6 is 46.3 Å². The molecule has 0 N–H and O–H groups in total. The van der Waals surface area contributed by atoms with Crippen LogP contribution in [-0.4, -0.2) is 11.5 Å². The summed E-state index contributed by atoms with van der Waals surface area (Å²) in [5.74, 6) is 2.30. The number of ketones is 1. The van der Waals surface area contributed by atoms with Gasteiger partial charge in [-0.2, -0.15) is 11.8 Å². The van der Waals surface area contributed by atoms with E-state index in [1.54, 1.807) is 29.5 Å². The minimum Gasteiger partial charge on any atom is -0.293 e. The average molecular weight is 343 g/mol. The van der Waals surface area contributed by atoms with Gasteiger partial charge in [0.25, 0.3) is 0 Å². The van der Waals surface area contributed by atoms with E-state index < -0.39 is 0 Å². The van der Waals surface area contributed by atoms with Crippen molar-refractivity contribution in [3.8, 4) is 0 Å². The molecule has 0 atom stereocenters. The van der Waals surface area contributed by atoms with Gasteiger partial charge < -0.3 is 0 Å². The minimum absolute atomic E-state index is 0.124. The van der Waals surface area contributed by atoms with Gasteiger partial charge in [0.15, 0.2) is 5.78 Å². The fraction of sp³-hybridized carbons (Fsp3) is 0.267. The molecule has 1 nitrogen and oxygen atoms in total. The molecule has 0 aliphatic carbocycles. The van der Waals surface area contributed by atoms with Gasteiger partial charge in [-0.15, -0.1) is 11.3 Å². The summed E-state index contributed by atoms with van der Waals surface area (Å²) in [4.78, 5) is 14.6. The van der Waals surface area contributed by atoms with Crippen molar-refractivity contribution in [2.45, 2.75) is 18.6 Å². The molecule has 1 aliphatic rings. The predicted molar refractivity (Wildman–Crippen MR) is 88.7 cm³/mol. The maximum atomic E-state index is 12.4. The van der Waals surface area contributed by atoms with Gasteiger partial charge >= 0.3 is 0 Å². The van der Waals surface area contributed by atoms with Gasteiger partial charge in [0, 0.05) is 27.1 Å². The summed E-state index contributed by atoms with van der Waals surface area (Å²) in [5.41, 5.74) is 2.12. The largest absolute Gasteiger partial charge is 0.293 e. The maximum Gasteiger partial charge on any atom is 0.177 e. The smallest absolute Gasteiger partial charge is 0.177 e. The Bertz CT molecular complexity index is 640. The van der Waals surface area contributed by atoms with E-state index in [9.17, 15) is 4.79 Å². The number of carbonyl (C=O) groups is 1.